The van der Waals surface area contributed by atoms with Crippen LogP contribution in [-0.4, -0.2) is 21.4 Å². The molecule has 140 valence electrons. The number of aromatic nitrogens is 1. The molecule has 2 aromatic carbocycles. The maximum atomic E-state index is 12.9. The molecule has 3 rings (SSSR count). The number of fused-ring (bicyclic) bond motifs is 1. The van der Waals surface area contributed by atoms with Gasteiger partial charge in [0.2, 0.25) is 0 Å². The Morgan fingerprint density at radius 2 is 1.71 bits per heavy atom. The predicted octanol–water partition coefficient (Wildman–Crippen LogP) is 4.19. The van der Waals surface area contributed by atoms with E-state index in [0.717, 1.165) is 5.39 Å². The molecule has 0 aliphatic heterocycles. The standard InChI is InChI=1S/C23H20N2O3/c1-23(2,3)28-22(27)25-20-7-5-4-6-18(20)19(15-26)21(25)13-12-16-8-10-17(14-24)11-9-16/h4-11,26H,15H2,1-3H3. The maximum Gasteiger partial charge on any atom is 0.420 e. The van der Waals surface area contributed by atoms with Gasteiger partial charge in [0.25, 0.3) is 0 Å². The Morgan fingerprint density at radius 3 is 2.32 bits per heavy atom. The predicted molar refractivity (Wildman–Crippen MR) is 107 cm³/mol. The fourth-order valence-electron chi connectivity index (χ4n) is 2.85. The number of benzene rings is 2. The first-order valence-corrected chi connectivity index (χ1v) is 8.83. The number of hydrogen-bond acceptors (Lipinski definition) is 4. The zero-order valence-electron chi connectivity index (χ0n) is 16.0. The number of para-hydroxylation sites is 1. The molecule has 0 aliphatic carbocycles. The van der Waals surface area contributed by atoms with Gasteiger partial charge in [-0.05, 0) is 57.0 Å². The Kier molecular flexibility index (Phi) is 5.22. The maximum absolute atomic E-state index is 12.9. The molecular weight excluding hydrogens is 352 g/mol. The minimum atomic E-state index is -0.667. The van der Waals surface area contributed by atoms with E-state index in [0.29, 0.717) is 27.9 Å². The number of aliphatic hydroxyl groups is 1. The quantitative estimate of drug-likeness (QED) is 0.650. The minimum Gasteiger partial charge on any atom is -0.443 e. The van der Waals surface area contributed by atoms with Gasteiger partial charge in [0, 0.05) is 16.5 Å². The Bertz CT molecular complexity index is 1130. The van der Waals surface area contributed by atoms with Crippen LogP contribution in [0.3, 0.4) is 0 Å². The molecule has 3 aromatic rings. The monoisotopic (exact) mass is 372 g/mol. The van der Waals surface area contributed by atoms with E-state index in [1.54, 1.807) is 51.1 Å². The van der Waals surface area contributed by atoms with Crippen LogP contribution in [0.1, 0.15) is 43.2 Å². The first kappa shape index (κ1) is 19.2. The third kappa shape index (κ3) is 3.91. The Hall–Kier alpha value is -3.54. The van der Waals surface area contributed by atoms with Crippen LogP contribution in [0.25, 0.3) is 10.9 Å². The van der Waals surface area contributed by atoms with Crippen molar-refractivity contribution in [2.45, 2.75) is 33.0 Å². The van der Waals surface area contributed by atoms with Crippen molar-refractivity contribution in [3.05, 3.63) is 70.9 Å². The lowest BCUT2D eigenvalue weighted by Crippen LogP contribution is -2.27. The van der Waals surface area contributed by atoms with Gasteiger partial charge in [0.1, 0.15) is 11.3 Å². The minimum absolute atomic E-state index is 0.256. The van der Waals surface area contributed by atoms with E-state index < -0.39 is 11.7 Å². The topological polar surface area (TPSA) is 75.2 Å². The van der Waals surface area contributed by atoms with Gasteiger partial charge in [0.05, 0.1) is 23.8 Å². The number of carbonyl (C=O) groups is 1. The molecule has 0 spiro atoms. The van der Waals surface area contributed by atoms with Crippen LogP contribution in [0.5, 0.6) is 0 Å². The van der Waals surface area contributed by atoms with Gasteiger partial charge in [0.15, 0.2) is 0 Å². The van der Waals surface area contributed by atoms with Crippen molar-refractivity contribution in [3.63, 3.8) is 0 Å². The number of nitrogens with zero attached hydrogens (tertiary/aromatic N) is 2. The zero-order valence-corrected chi connectivity index (χ0v) is 16.0. The van der Waals surface area contributed by atoms with E-state index in [1.165, 1.54) is 4.57 Å². The largest absolute Gasteiger partial charge is 0.443 e. The summed E-state index contributed by atoms with van der Waals surface area (Å²) < 4.78 is 6.96. The van der Waals surface area contributed by atoms with E-state index in [2.05, 4.69) is 17.9 Å². The molecule has 0 unspecified atom stereocenters. The van der Waals surface area contributed by atoms with Gasteiger partial charge in [-0.1, -0.05) is 24.1 Å². The van der Waals surface area contributed by atoms with Crippen LogP contribution >= 0.6 is 0 Å². The highest BCUT2D eigenvalue weighted by Crippen LogP contribution is 2.27. The van der Waals surface area contributed by atoms with Gasteiger partial charge in [-0.3, -0.25) is 0 Å². The molecule has 0 saturated carbocycles. The molecule has 0 atom stereocenters. The third-order valence-corrected chi connectivity index (χ3v) is 4.05. The van der Waals surface area contributed by atoms with Crippen LogP contribution in [0, 0.1) is 23.2 Å². The molecule has 0 aliphatic rings. The molecule has 0 bridgehead atoms. The van der Waals surface area contributed by atoms with Gasteiger partial charge in [-0.2, -0.15) is 5.26 Å². The number of rotatable bonds is 1. The number of aliphatic hydroxyl groups excluding tert-OH is 1. The van der Waals surface area contributed by atoms with Gasteiger partial charge in [-0.25, -0.2) is 9.36 Å². The van der Waals surface area contributed by atoms with Crippen molar-refractivity contribution in [1.29, 1.82) is 5.26 Å². The van der Waals surface area contributed by atoms with Crippen molar-refractivity contribution in [3.8, 4) is 17.9 Å². The summed E-state index contributed by atoms with van der Waals surface area (Å²) in [5.41, 5.74) is 2.17. The number of hydrogen-bond donors (Lipinski definition) is 1. The van der Waals surface area contributed by atoms with Gasteiger partial charge in [-0.15, -0.1) is 0 Å². The normalized spacial score (nSPS) is 10.8. The molecule has 1 heterocycles. The van der Waals surface area contributed by atoms with Crippen LogP contribution in [-0.2, 0) is 11.3 Å². The second kappa shape index (κ2) is 7.60. The molecule has 1 N–H and O–H groups in total. The van der Waals surface area contributed by atoms with Crippen LogP contribution in [0.2, 0.25) is 0 Å². The lowest BCUT2D eigenvalue weighted by atomic mass is 10.1. The molecule has 0 radical (unpaired) electrons. The fourth-order valence-corrected chi connectivity index (χ4v) is 2.85. The summed E-state index contributed by atoms with van der Waals surface area (Å²) in [6.07, 6.45) is -0.549. The molecule has 28 heavy (non-hydrogen) atoms. The van der Waals surface area contributed by atoms with Crippen molar-refractivity contribution in [2.24, 2.45) is 0 Å². The third-order valence-electron chi connectivity index (χ3n) is 4.05. The molecule has 0 saturated heterocycles. The number of ether oxygens (including phenoxy) is 1. The Labute approximate surface area is 163 Å². The smallest absolute Gasteiger partial charge is 0.420 e. The first-order chi connectivity index (χ1) is 13.3. The average molecular weight is 372 g/mol. The highest BCUT2D eigenvalue weighted by Gasteiger charge is 2.24. The van der Waals surface area contributed by atoms with E-state index in [-0.39, 0.29) is 6.61 Å². The number of nitriles is 1. The Morgan fingerprint density at radius 1 is 1.07 bits per heavy atom. The van der Waals surface area contributed by atoms with Gasteiger partial charge < -0.3 is 9.84 Å². The lowest BCUT2D eigenvalue weighted by molar-refractivity contribution is 0.0543. The van der Waals surface area contributed by atoms with Crippen molar-refractivity contribution in [1.82, 2.24) is 4.57 Å². The van der Waals surface area contributed by atoms with Crippen LogP contribution in [0.15, 0.2) is 48.5 Å². The molecule has 0 amide bonds. The first-order valence-electron chi connectivity index (χ1n) is 8.83. The molecule has 1 aromatic heterocycles. The van der Waals surface area contributed by atoms with Gasteiger partial charge >= 0.3 is 6.09 Å². The van der Waals surface area contributed by atoms with E-state index in [4.69, 9.17) is 10.00 Å². The summed E-state index contributed by atoms with van der Waals surface area (Å²) in [6, 6.07) is 16.2. The summed E-state index contributed by atoms with van der Waals surface area (Å²) in [5, 5.41) is 19.6. The lowest BCUT2D eigenvalue weighted by Gasteiger charge is -2.20. The van der Waals surface area contributed by atoms with Crippen LogP contribution < -0.4 is 0 Å². The molecule has 5 nitrogen and oxygen atoms in total. The highest BCUT2D eigenvalue weighted by atomic mass is 16.6. The second-order valence-corrected chi connectivity index (χ2v) is 7.26. The molecule has 0 fully saturated rings. The summed E-state index contributed by atoms with van der Waals surface area (Å²) in [4.78, 5) is 12.9. The molecule has 5 heteroatoms. The van der Waals surface area contributed by atoms with Crippen molar-refractivity contribution >= 4 is 17.0 Å². The molecular formula is C23H20N2O3. The summed E-state index contributed by atoms with van der Waals surface area (Å²) in [5.74, 6) is 6.02. The number of carbonyl (C=O) groups excluding carboxylic acids is 1. The summed E-state index contributed by atoms with van der Waals surface area (Å²) in [7, 11) is 0. The van der Waals surface area contributed by atoms with Crippen LogP contribution in [0.4, 0.5) is 4.79 Å². The zero-order chi connectivity index (χ0) is 20.3. The summed E-state index contributed by atoms with van der Waals surface area (Å²) >= 11 is 0. The Balaban J connectivity index is 2.17. The fraction of sp³-hybridized carbons (Fsp3) is 0.217. The van der Waals surface area contributed by atoms with E-state index >= 15 is 0 Å². The van der Waals surface area contributed by atoms with E-state index in [9.17, 15) is 9.90 Å². The average Bonchev–Trinajstić information content (AvgIpc) is 2.98. The second-order valence-electron chi connectivity index (χ2n) is 7.26. The highest BCUT2D eigenvalue weighted by molar-refractivity contribution is 5.95. The van der Waals surface area contributed by atoms with Crippen molar-refractivity contribution in [2.75, 3.05) is 0 Å². The SMILES string of the molecule is CC(C)(C)OC(=O)n1c(C#Cc2ccc(C#N)cc2)c(CO)c2ccccc21. The van der Waals surface area contributed by atoms with Crippen molar-refractivity contribution < 1.29 is 14.6 Å². The summed E-state index contributed by atoms with van der Waals surface area (Å²) in [6.45, 7) is 5.14. The van der Waals surface area contributed by atoms with E-state index in [1.807, 2.05) is 18.2 Å².